The molecule has 1 atom stereocenters. The van der Waals surface area contributed by atoms with Crippen LogP contribution in [-0.4, -0.2) is 37.6 Å². The maximum Gasteiger partial charge on any atom is 0.287 e. The molecule has 1 fully saturated rings. The Balaban J connectivity index is 1.72. The van der Waals surface area contributed by atoms with Crippen molar-refractivity contribution in [2.75, 3.05) is 26.7 Å². The second kappa shape index (κ2) is 8.54. The summed E-state index contributed by atoms with van der Waals surface area (Å²) in [6.45, 7) is 2.65. The third kappa shape index (κ3) is 4.64. The summed E-state index contributed by atoms with van der Waals surface area (Å²) in [4.78, 5) is 14.8. The first-order chi connectivity index (χ1) is 12.2. The highest BCUT2D eigenvalue weighted by molar-refractivity contribution is 9.10. The van der Waals surface area contributed by atoms with Gasteiger partial charge in [-0.15, -0.1) is 0 Å². The first-order valence-electron chi connectivity index (χ1n) is 8.59. The van der Waals surface area contributed by atoms with Gasteiger partial charge < -0.3 is 14.5 Å². The Morgan fingerprint density at radius 3 is 2.52 bits per heavy atom. The minimum absolute atomic E-state index is 0.147. The van der Waals surface area contributed by atoms with Gasteiger partial charge in [-0.3, -0.25) is 9.69 Å². The van der Waals surface area contributed by atoms with Crippen LogP contribution in [0, 0.1) is 0 Å². The maximum atomic E-state index is 12.3. The minimum atomic E-state index is -0.193. The summed E-state index contributed by atoms with van der Waals surface area (Å²) < 4.78 is 11.1. The van der Waals surface area contributed by atoms with Crippen molar-refractivity contribution in [2.24, 2.45) is 0 Å². The van der Waals surface area contributed by atoms with Gasteiger partial charge in [0.25, 0.3) is 5.91 Å². The lowest BCUT2D eigenvalue weighted by Crippen LogP contribution is -2.40. The van der Waals surface area contributed by atoms with Gasteiger partial charge in [0.15, 0.2) is 10.4 Å². The SMILES string of the molecule is COc1ccc(C(CNC(=O)c2ccc(Br)o2)N2CCCCC2)cc1. The molecule has 0 saturated carbocycles. The fourth-order valence-electron chi connectivity index (χ4n) is 3.23. The highest BCUT2D eigenvalue weighted by atomic mass is 79.9. The molecule has 0 radical (unpaired) electrons. The number of hydrogen-bond donors (Lipinski definition) is 1. The average Bonchev–Trinajstić information content (AvgIpc) is 3.10. The first kappa shape index (κ1) is 18.0. The highest BCUT2D eigenvalue weighted by Gasteiger charge is 2.23. The van der Waals surface area contributed by atoms with Crippen LogP contribution in [0.25, 0.3) is 0 Å². The predicted molar refractivity (Wildman–Crippen MR) is 99.9 cm³/mol. The zero-order chi connectivity index (χ0) is 17.6. The second-order valence-electron chi connectivity index (χ2n) is 6.20. The third-order valence-electron chi connectivity index (χ3n) is 4.58. The molecule has 1 aromatic carbocycles. The summed E-state index contributed by atoms with van der Waals surface area (Å²) in [6, 6.07) is 11.6. The molecule has 1 aliphatic rings. The molecule has 25 heavy (non-hydrogen) atoms. The highest BCUT2D eigenvalue weighted by Crippen LogP contribution is 2.26. The number of carbonyl (C=O) groups excluding carboxylic acids is 1. The van der Waals surface area contributed by atoms with E-state index in [9.17, 15) is 4.79 Å². The van der Waals surface area contributed by atoms with Crippen molar-refractivity contribution in [1.29, 1.82) is 0 Å². The fourth-order valence-corrected chi connectivity index (χ4v) is 3.53. The van der Waals surface area contributed by atoms with Gasteiger partial charge in [-0.2, -0.15) is 0 Å². The number of rotatable bonds is 6. The zero-order valence-corrected chi connectivity index (χ0v) is 15.9. The van der Waals surface area contributed by atoms with Crippen LogP contribution in [0.15, 0.2) is 45.5 Å². The number of hydrogen-bond acceptors (Lipinski definition) is 4. The first-order valence-corrected chi connectivity index (χ1v) is 9.38. The quantitative estimate of drug-likeness (QED) is 0.787. The van der Waals surface area contributed by atoms with Crippen LogP contribution in [-0.2, 0) is 0 Å². The number of ether oxygens (including phenoxy) is 1. The lowest BCUT2D eigenvalue weighted by atomic mass is 10.0. The summed E-state index contributed by atoms with van der Waals surface area (Å²) in [5.41, 5.74) is 1.18. The van der Waals surface area contributed by atoms with Crippen LogP contribution in [0.5, 0.6) is 5.75 Å². The number of carbonyl (C=O) groups is 1. The normalized spacial score (nSPS) is 16.4. The van der Waals surface area contributed by atoms with Gasteiger partial charge in [-0.05, 0) is 71.7 Å². The van der Waals surface area contributed by atoms with E-state index in [-0.39, 0.29) is 11.9 Å². The van der Waals surface area contributed by atoms with Crippen LogP contribution in [0.2, 0.25) is 0 Å². The van der Waals surface area contributed by atoms with E-state index in [4.69, 9.17) is 9.15 Å². The number of methoxy groups -OCH3 is 1. The van der Waals surface area contributed by atoms with Crippen LogP contribution in [0.3, 0.4) is 0 Å². The molecule has 0 aliphatic carbocycles. The molecular formula is C19H23BrN2O3. The van der Waals surface area contributed by atoms with E-state index in [1.54, 1.807) is 19.2 Å². The van der Waals surface area contributed by atoms with Gasteiger partial charge in [-0.1, -0.05) is 18.6 Å². The minimum Gasteiger partial charge on any atom is -0.497 e. The Labute approximate surface area is 156 Å². The molecule has 6 heteroatoms. The van der Waals surface area contributed by atoms with E-state index in [2.05, 4.69) is 38.3 Å². The topological polar surface area (TPSA) is 54.7 Å². The summed E-state index contributed by atoms with van der Waals surface area (Å²) in [6.07, 6.45) is 3.68. The van der Waals surface area contributed by atoms with E-state index in [1.165, 1.54) is 24.8 Å². The number of furan rings is 1. The third-order valence-corrected chi connectivity index (χ3v) is 5.01. The lowest BCUT2D eigenvalue weighted by molar-refractivity contribution is 0.0896. The number of piperidine rings is 1. The summed E-state index contributed by atoms with van der Waals surface area (Å²) >= 11 is 3.23. The van der Waals surface area contributed by atoms with Gasteiger partial charge in [-0.25, -0.2) is 0 Å². The van der Waals surface area contributed by atoms with E-state index in [0.29, 0.717) is 17.0 Å². The number of nitrogens with zero attached hydrogens (tertiary/aromatic N) is 1. The zero-order valence-electron chi connectivity index (χ0n) is 14.3. The van der Waals surface area contributed by atoms with Crippen molar-refractivity contribution in [3.63, 3.8) is 0 Å². The van der Waals surface area contributed by atoms with Crippen molar-refractivity contribution in [2.45, 2.75) is 25.3 Å². The Morgan fingerprint density at radius 2 is 1.92 bits per heavy atom. The summed E-state index contributed by atoms with van der Waals surface area (Å²) in [7, 11) is 1.67. The molecule has 1 saturated heterocycles. The van der Waals surface area contributed by atoms with Crippen molar-refractivity contribution in [1.82, 2.24) is 10.2 Å². The number of benzene rings is 1. The average molecular weight is 407 g/mol. The predicted octanol–water partition coefficient (Wildman–Crippen LogP) is 4.01. The molecular weight excluding hydrogens is 384 g/mol. The van der Waals surface area contributed by atoms with Gasteiger partial charge in [0, 0.05) is 6.54 Å². The van der Waals surface area contributed by atoms with E-state index in [0.717, 1.165) is 18.8 Å². The van der Waals surface area contributed by atoms with E-state index < -0.39 is 0 Å². The van der Waals surface area contributed by atoms with Gasteiger partial charge in [0.1, 0.15) is 5.75 Å². The molecule has 2 aromatic rings. The van der Waals surface area contributed by atoms with E-state index >= 15 is 0 Å². The molecule has 5 nitrogen and oxygen atoms in total. The van der Waals surface area contributed by atoms with Gasteiger partial charge in [0.2, 0.25) is 0 Å². The standard InChI is InChI=1S/C19H23BrN2O3/c1-24-15-7-5-14(6-8-15)16(22-11-3-2-4-12-22)13-21-19(23)17-9-10-18(20)25-17/h5-10,16H,2-4,11-13H2,1H3,(H,21,23). The van der Waals surface area contributed by atoms with Crippen LogP contribution in [0.1, 0.15) is 41.4 Å². The van der Waals surface area contributed by atoms with E-state index in [1.807, 2.05) is 12.1 Å². The molecule has 1 unspecified atom stereocenters. The van der Waals surface area contributed by atoms with Crippen molar-refractivity contribution < 1.29 is 13.9 Å². The molecule has 2 heterocycles. The molecule has 0 spiro atoms. The fraction of sp³-hybridized carbons (Fsp3) is 0.421. The Bertz CT molecular complexity index is 693. The van der Waals surface area contributed by atoms with Crippen molar-refractivity contribution in [3.05, 3.63) is 52.4 Å². The second-order valence-corrected chi connectivity index (χ2v) is 6.98. The Kier molecular flexibility index (Phi) is 6.15. The van der Waals surface area contributed by atoms with Crippen molar-refractivity contribution >= 4 is 21.8 Å². The van der Waals surface area contributed by atoms with Gasteiger partial charge >= 0.3 is 0 Å². The van der Waals surface area contributed by atoms with Crippen LogP contribution >= 0.6 is 15.9 Å². The number of amides is 1. The lowest BCUT2D eigenvalue weighted by Gasteiger charge is -2.35. The molecule has 1 aliphatic heterocycles. The molecule has 1 amide bonds. The smallest absolute Gasteiger partial charge is 0.287 e. The number of nitrogens with one attached hydrogen (secondary N) is 1. The largest absolute Gasteiger partial charge is 0.497 e. The molecule has 3 rings (SSSR count). The molecule has 1 N–H and O–H groups in total. The summed E-state index contributed by atoms with van der Waals surface area (Å²) in [5, 5.41) is 3.01. The van der Waals surface area contributed by atoms with Crippen LogP contribution in [0.4, 0.5) is 0 Å². The summed E-state index contributed by atoms with van der Waals surface area (Å²) in [5.74, 6) is 0.964. The monoisotopic (exact) mass is 406 g/mol. The number of likely N-dealkylation sites (tertiary alicyclic amines) is 1. The molecule has 134 valence electrons. The van der Waals surface area contributed by atoms with Crippen LogP contribution < -0.4 is 10.1 Å². The molecule has 1 aromatic heterocycles. The maximum absolute atomic E-state index is 12.3. The Morgan fingerprint density at radius 1 is 1.20 bits per heavy atom. The molecule has 0 bridgehead atoms. The van der Waals surface area contributed by atoms with Gasteiger partial charge in [0.05, 0.1) is 13.2 Å². The number of halogens is 1. The van der Waals surface area contributed by atoms with Crippen molar-refractivity contribution in [3.8, 4) is 5.75 Å². The Hall–Kier alpha value is -1.79.